The third-order valence-corrected chi connectivity index (χ3v) is 4.15. The topological polar surface area (TPSA) is 55.4 Å². The summed E-state index contributed by atoms with van der Waals surface area (Å²) in [6.45, 7) is 8.26. The van der Waals surface area contributed by atoms with Crippen molar-refractivity contribution in [3.05, 3.63) is 0 Å². The molecule has 0 aromatic rings. The molecule has 0 rings (SSSR count). The first-order chi connectivity index (χ1) is 10.5. The maximum absolute atomic E-state index is 12.8. The van der Waals surface area contributed by atoms with Crippen molar-refractivity contribution in [2.24, 2.45) is 11.8 Å². The van der Waals surface area contributed by atoms with Gasteiger partial charge in [-0.05, 0) is 18.8 Å². The lowest BCUT2D eigenvalue weighted by Gasteiger charge is -2.25. The molecule has 2 atom stereocenters. The molecule has 1 amide bonds. The fourth-order valence-electron chi connectivity index (χ4n) is 2.70. The molecule has 0 fully saturated rings. The summed E-state index contributed by atoms with van der Waals surface area (Å²) in [4.78, 5) is 24.3. The second-order valence-electron chi connectivity index (χ2n) is 6.45. The number of Topliss-reactive ketones (excluding diaryl/α,β-unsaturated/α-hetero) is 1. The van der Waals surface area contributed by atoms with Crippen molar-refractivity contribution in [2.75, 3.05) is 7.11 Å². The molecule has 1 N–H and O–H groups in total. The van der Waals surface area contributed by atoms with Crippen molar-refractivity contribution in [1.29, 1.82) is 0 Å². The Labute approximate surface area is 136 Å². The van der Waals surface area contributed by atoms with Crippen LogP contribution in [-0.4, -0.2) is 25.0 Å². The molecule has 130 valence electrons. The molecule has 0 radical (unpaired) electrons. The van der Waals surface area contributed by atoms with E-state index in [9.17, 15) is 9.59 Å². The molecule has 0 saturated carbocycles. The third kappa shape index (κ3) is 8.40. The van der Waals surface area contributed by atoms with Gasteiger partial charge in [-0.1, -0.05) is 66.2 Å². The number of amides is 1. The summed E-state index contributed by atoms with van der Waals surface area (Å²) in [5.41, 5.74) is 0. The summed E-state index contributed by atoms with van der Waals surface area (Å²) in [5.74, 6) is 0.304. The molecule has 0 saturated heterocycles. The minimum absolute atomic E-state index is 0.0568. The average Bonchev–Trinajstić information content (AvgIpc) is 2.50. The highest BCUT2D eigenvalue weighted by Gasteiger charge is 2.30. The number of hydrogen-bond acceptors (Lipinski definition) is 3. The van der Waals surface area contributed by atoms with Crippen molar-refractivity contribution < 1.29 is 14.3 Å². The summed E-state index contributed by atoms with van der Waals surface area (Å²) >= 11 is 0. The highest BCUT2D eigenvalue weighted by atomic mass is 16.5. The summed E-state index contributed by atoms with van der Waals surface area (Å²) in [6.07, 6.45) is 8.20. The second-order valence-corrected chi connectivity index (χ2v) is 6.45. The number of alkyl carbamates (subject to hydrolysis) is 1. The van der Waals surface area contributed by atoms with Crippen molar-refractivity contribution >= 4 is 11.9 Å². The fraction of sp³-hybridized carbons (Fsp3) is 0.889. The van der Waals surface area contributed by atoms with Gasteiger partial charge < -0.3 is 10.1 Å². The molecule has 0 spiro atoms. The Kier molecular flexibility index (Phi) is 11.9. The van der Waals surface area contributed by atoms with Crippen LogP contribution in [0.5, 0.6) is 0 Å². The van der Waals surface area contributed by atoms with Gasteiger partial charge in [0.1, 0.15) is 0 Å². The predicted octanol–water partition coefficient (Wildman–Crippen LogP) is 4.71. The summed E-state index contributed by atoms with van der Waals surface area (Å²) in [6, 6.07) is -0.444. The van der Waals surface area contributed by atoms with Gasteiger partial charge in [0.05, 0.1) is 13.2 Å². The number of unbranched alkanes of at least 4 members (excludes halogenated alkanes) is 4. The van der Waals surface area contributed by atoms with Gasteiger partial charge in [-0.25, -0.2) is 4.79 Å². The Morgan fingerprint density at radius 3 is 2.05 bits per heavy atom. The first-order valence-electron chi connectivity index (χ1n) is 8.86. The Bertz CT molecular complexity index is 315. The zero-order chi connectivity index (χ0) is 17.0. The molecular formula is C18H35NO3. The van der Waals surface area contributed by atoms with E-state index in [1.54, 1.807) is 0 Å². The molecule has 0 heterocycles. The summed E-state index contributed by atoms with van der Waals surface area (Å²) < 4.78 is 4.65. The molecule has 0 aliphatic carbocycles. The summed E-state index contributed by atoms with van der Waals surface area (Å²) in [7, 11) is 1.33. The SMILES string of the molecule is CCCCCCC(CCCC)C(=O)C(NC(=O)OC)C(C)C. The van der Waals surface area contributed by atoms with Crippen LogP contribution in [0.15, 0.2) is 0 Å². The minimum Gasteiger partial charge on any atom is -0.453 e. The molecule has 22 heavy (non-hydrogen) atoms. The molecular weight excluding hydrogens is 278 g/mol. The molecule has 0 bridgehead atoms. The number of ketones is 1. The number of carbonyl (C=O) groups is 2. The third-order valence-electron chi connectivity index (χ3n) is 4.15. The molecule has 0 aliphatic heterocycles. The van der Waals surface area contributed by atoms with Crippen LogP contribution < -0.4 is 5.32 Å². The Balaban J connectivity index is 4.74. The molecule has 0 aromatic carbocycles. The fourth-order valence-corrected chi connectivity index (χ4v) is 2.70. The van der Waals surface area contributed by atoms with Gasteiger partial charge in [-0.3, -0.25) is 4.79 Å². The highest BCUT2D eigenvalue weighted by molar-refractivity contribution is 5.89. The van der Waals surface area contributed by atoms with Crippen molar-refractivity contribution in [3.63, 3.8) is 0 Å². The van der Waals surface area contributed by atoms with Crippen LogP contribution in [0, 0.1) is 11.8 Å². The minimum atomic E-state index is -0.521. The van der Waals surface area contributed by atoms with Gasteiger partial charge >= 0.3 is 6.09 Å². The van der Waals surface area contributed by atoms with Crippen molar-refractivity contribution in [3.8, 4) is 0 Å². The van der Waals surface area contributed by atoms with E-state index in [4.69, 9.17) is 0 Å². The van der Waals surface area contributed by atoms with E-state index in [-0.39, 0.29) is 17.6 Å². The molecule has 4 nitrogen and oxygen atoms in total. The molecule has 0 aliphatic rings. The second kappa shape index (κ2) is 12.5. The van der Waals surface area contributed by atoms with E-state index in [0.717, 1.165) is 32.1 Å². The largest absolute Gasteiger partial charge is 0.453 e. The summed E-state index contributed by atoms with van der Waals surface area (Å²) in [5, 5.41) is 2.71. The van der Waals surface area contributed by atoms with Gasteiger partial charge in [0.2, 0.25) is 0 Å². The van der Waals surface area contributed by atoms with E-state index < -0.39 is 12.1 Å². The smallest absolute Gasteiger partial charge is 0.407 e. The van der Waals surface area contributed by atoms with E-state index >= 15 is 0 Å². The van der Waals surface area contributed by atoms with Crippen LogP contribution in [0.25, 0.3) is 0 Å². The number of ether oxygens (including phenoxy) is 1. The number of carbonyl (C=O) groups excluding carboxylic acids is 2. The van der Waals surface area contributed by atoms with Crippen LogP contribution in [0.4, 0.5) is 4.79 Å². The van der Waals surface area contributed by atoms with Gasteiger partial charge in [0.15, 0.2) is 5.78 Å². The van der Waals surface area contributed by atoms with Crippen LogP contribution in [0.3, 0.4) is 0 Å². The maximum atomic E-state index is 12.8. The van der Waals surface area contributed by atoms with E-state index in [0.29, 0.717) is 0 Å². The molecule has 0 aromatic heterocycles. The molecule has 2 unspecified atom stereocenters. The van der Waals surface area contributed by atoms with Crippen LogP contribution in [0.2, 0.25) is 0 Å². The van der Waals surface area contributed by atoms with Crippen LogP contribution >= 0.6 is 0 Å². The Morgan fingerprint density at radius 2 is 1.55 bits per heavy atom. The van der Waals surface area contributed by atoms with Gasteiger partial charge in [-0.2, -0.15) is 0 Å². The zero-order valence-electron chi connectivity index (χ0n) is 15.1. The lowest BCUT2D eigenvalue weighted by molar-refractivity contribution is -0.126. The van der Waals surface area contributed by atoms with E-state index in [1.807, 2.05) is 13.8 Å². The van der Waals surface area contributed by atoms with Gasteiger partial charge in [-0.15, -0.1) is 0 Å². The van der Waals surface area contributed by atoms with Gasteiger partial charge in [0, 0.05) is 5.92 Å². The Morgan fingerprint density at radius 1 is 0.955 bits per heavy atom. The van der Waals surface area contributed by atoms with E-state index in [2.05, 4.69) is 23.9 Å². The number of methoxy groups -OCH3 is 1. The predicted molar refractivity (Wildman–Crippen MR) is 90.9 cm³/mol. The maximum Gasteiger partial charge on any atom is 0.407 e. The van der Waals surface area contributed by atoms with Crippen molar-refractivity contribution in [2.45, 2.75) is 85.1 Å². The first-order valence-corrected chi connectivity index (χ1v) is 8.86. The molecule has 4 heteroatoms. The van der Waals surface area contributed by atoms with Crippen LogP contribution in [-0.2, 0) is 9.53 Å². The highest BCUT2D eigenvalue weighted by Crippen LogP contribution is 2.22. The van der Waals surface area contributed by atoms with Crippen molar-refractivity contribution in [1.82, 2.24) is 5.32 Å². The standard InChI is InChI=1S/C18H35NO3/c1-6-8-10-11-13-15(12-9-7-2)17(20)16(14(3)4)19-18(21)22-5/h14-16H,6-13H2,1-5H3,(H,19,21). The average molecular weight is 313 g/mol. The lowest BCUT2D eigenvalue weighted by atomic mass is 9.84. The number of rotatable bonds is 12. The van der Waals surface area contributed by atoms with E-state index in [1.165, 1.54) is 26.4 Å². The zero-order valence-corrected chi connectivity index (χ0v) is 15.1. The number of nitrogens with one attached hydrogen (secondary N) is 1. The monoisotopic (exact) mass is 313 g/mol. The van der Waals surface area contributed by atoms with Gasteiger partial charge in [0.25, 0.3) is 0 Å². The normalized spacial score (nSPS) is 13.7. The first kappa shape index (κ1) is 20.9. The van der Waals surface area contributed by atoms with Crippen LogP contribution in [0.1, 0.15) is 79.1 Å². The lowest BCUT2D eigenvalue weighted by Crippen LogP contribution is -2.46. The number of hydrogen-bond donors (Lipinski definition) is 1. The Hall–Kier alpha value is -1.06. The quantitative estimate of drug-likeness (QED) is 0.531.